The summed E-state index contributed by atoms with van der Waals surface area (Å²) in [5.74, 6) is 0.232. The molecule has 4 aromatic rings. The van der Waals surface area contributed by atoms with E-state index in [1.807, 2.05) is 0 Å². The first kappa shape index (κ1) is 18.3. The Balaban J connectivity index is 1.61. The summed E-state index contributed by atoms with van der Waals surface area (Å²) in [5, 5.41) is 19.4. The van der Waals surface area contributed by atoms with Gasteiger partial charge in [0.15, 0.2) is 11.5 Å². The summed E-state index contributed by atoms with van der Waals surface area (Å²) >= 11 is 0. The zero-order valence-electron chi connectivity index (χ0n) is 15.6. The number of fused-ring (bicyclic) bond motifs is 2. The molecule has 0 fully saturated rings. The Morgan fingerprint density at radius 2 is 1.87 bits per heavy atom. The number of hydrogen-bond donors (Lipinski definition) is 1. The highest BCUT2D eigenvalue weighted by molar-refractivity contribution is 5.95. The van der Waals surface area contributed by atoms with E-state index in [2.05, 4.69) is 25.7 Å². The zero-order chi connectivity index (χ0) is 21.0. The maximum Gasteiger partial charge on any atom is 0.416 e. The van der Waals surface area contributed by atoms with Crippen molar-refractivity contribution in [1.82, 2.24) is 29.6 Å². The molecule has 1 unspecified atom stereocenters. The lowest BCUT2D eigenvalue weighted by Crippen LogP contribution is -2.25. The number of alkyl halides is 3. The van der Waals surface area contributed by atoms with Gasteiger partial charge in [-0.25, -0.2) is 0 Å². The van der Waals surface area contributed by atoms with Crippen molar-refractivity contribution in [3.8, 4) is 5.82 Å². The molecule has 4 heterocycles. The monoisotopic (exact) mass is 413 g/mol. The molecule has 0 saturated heterocycles. The SMILES string of the molecule is Cc1nn(-c2ccc3nncn3n2)c2c1C(c1ccc(C(F)(F)F)cc1)CC(=O)N2. The van der Waals surface area contributed by atoms with Crippen LogP contribution in [0.4, 0.5) is 19.0 Å². The summed E-state index contributed by atoms with van der Waals surface area (Å²) in [4.78, 5) is 12.4. The highest BCUT2D eigenvalue weighted by Crippen LogP contribution is 2.40. The van der Waals surface area contributed by atoms with E-state index >= 15 is 0 Å². The Hall–Kier alpha value is -3.76. The molecular formula is C19H14F3N7O. The minimum atomic E-state index is -4.42. The van der Waals surface area contributed by atoms with Crippen molar-refractivity contribution in [3.63, 3.8) is 0 Å². The number of amides is 1. The van der Waals surface area contributed by atoms with Crippen LogP contribution < -0.4 is 5.32 Å². The minimum absolute atomic E-state index is 0.114. The van der Waals surface area contributed by atoms with E-state index in [0.717, 1.165) is 17.7 Å². The fourth-order valence-corrected chi connectivity index (χ4v) is 3.73. The molecule has 0 bridgehead atoms. The van der Waals surface area contributed by atoms with E-state index in [9.17, 15) is 18.0 Å². The molecular weight excluding hydrogens is 399 g/mol. The van der Waals surface area contributed by atoms with Gasteiger partial charge in [0.05, 0.1) is 11.3 Å². The number of rotatable bonds is 2. The average Bonchev–Trinajstić information content (AvgIpc) is 3.30. The standard InChI is InChI=1S/C19H14F3N7O/c1-10-17-13(11-2-4-12(5-3-11)19(20,21)22)8-16(30)24-18(17)29(26-10)15-7-6-14-25-23-9-28(14)27-15/h2-7,9,13H,8H2,1H3,(H,24,30). The van der Waals surface area contributed by atoms with E-state index in [1.165, 1.54) is 27.7 Å². The number of nitrogens with zero attached hydrogens (tertiary/aromatic N) is 6. The number of anilines is 1. The highest BCUT2D eigenvalue weighted by Gasteiger charge is 2.34. The van der Waals surface area contributed by atoms with Gasteiger partial charge in [0.1, 0.15) is 12.1 Å². The molecule has 0 saturated carbocycles. The molecule has 1 aliphatic rings. The molecule has 0 spiro atoms. The highest BCUT2D eigenvalue weighted by atomic mass is 19.4. The van der Waals surface area contributed by atoms with E-state index in [1.54, 1.807) is 19.1 Å². The Bertz CT molecular complexity index is 1270. The second-order valence-electron chi connectivity index (χ2n) is 7.01. The lowest BCUT2D eigenvalue weighted by atomic mass is 9.85. The topological polar surface area (TPSA) is 90.0 Å². The van der Waals surface area contributed by atoms with Crippen molar-refractivity contribution < 1.29 is 18.0 Å². The van der Waals surface area contributed by atoms with Gasteiger partial charge in [0.25, 0.3) is 0 Å². The molecule has 1 aromatic carbocycles. The van der Waals surface area contributed by atoms with Gasteiger partial charge in [-0.1, -0.05) is 12.1 Å². The second kappa shape index (κ2) is 6.37. The lowest BCUT2D eigenvalue weighted by Gasteiger charge is -2.24. The number of carbonyl (C=O) groups is 1. The van der Waals surface area contributed by atoms with Crippen LogP contribution in [0.3, 0.4) is 0 Å². The van der Waals surface area contributed by atoms with Crippen LogP contribution in [0.2, 0.25) is 0 Å². The van der Waals surface area contributed by atoms with Crippen LogP contribution in [0, 0.1) is 6.92 Å². The molecule has 1 aliphatic heterocycles. The second-order valence-corrected chi connectivity index (χ2v) is 7.01. The van der Waals surface area contributed by atoms with Gasteiger partial charge < -0.3 is 5.32 Å². The molecule has 0 aliphatic carbocycles. The van der Waals surface area contributed by atoms with Gasteiger partial charge in [-0.15, -0.1) is 15.3 Å². The van der Waals surface area contributed by atoms with E-state index in [-0.39, 0.29) is 12.3 Å². The molecule has 0 radical (unpaired) electrons. The minimum Gasteiger partial charge on any atom is -0.310 e. The molecule has 8 nitrogen and oxygen atoms in total. The van der Waals surface area contributed by atoms with Gasteiger partial charge in [-0.2, -0.15) is 27.5 Å². The summed E-state index contributed by atoms with van der Waals surface area (Å²) in [6.07, 6.45) is -2.85. The van der Waals surface area contributed by atoms with Crippen molar-refractivity contribution in [2.75, 3.05) is 5.32 Å². The maximum absolute atomic E-state index is 12.9. The van der Waals surface area contributed by atoms with Crippen molar-refractivity contribution in [2.45, 2.75) is 25.4 Å². The number of hydrogen-bond acceptors (Lipinski definition) is 5. The Morgan fingerprint density at radius 1 is 1.10 bits per heavy atom. The summed E-state index contributed by atoms with van der Waals surface area (Å²) in [6, 6.07) is 8.30. The number of aromatic nitrogens is 6. The summed E-state index contributed by atoms with van der Waals surface area (Å²) in [5.41, 5.74) is 1.85. The average molecular weight is 413 g/mol. The van der Waals surface area contributed by atoms with Crippen LogP contribution in [0.5, 0.6) is 0 Å². The number of aryl methyl sites for hydroxylation is 1. The third kappa shape index (κ3) is 2.90. The molecule has 152 valence electrons. The normalized spacial score (nSPS) is 16.5. The van der Waals surface area contributed by atoms with Crippen LogP contribution in [0.25, 0.3) is 11.5 Å². The Labute approximate surface area is 167 Å². The Kier molecular flexibility index (Phi) is 3.88. The fraction of sp³-hybridized carbons (Fsp3) is 0.211. The van der Waals surface area contributed by atoms with Gasteiger partial charge in [0, 0.05) is 17.9 Å². The van der Waals surface area contributed by atoms with Crippen LogP contribution in [-0.2, 0) is 11.0 Å². The molecule has 1 N–H and O–H groups in total. The smallest absolute Gasteiger partial charge is 0.310 e. The first-order chi connectivity index (χ1) is 14.3. The number of nitrogens with one attached hydrogen (secondary N) is 1. The van der Waals surface area contributed by atoms with E-state index in [0.29, 0.717) is 28.5 Å². The summed E-state index contributed by atoms with van der Waals surface area (Å²) in [6.45, 7) is 1.79. The first-order valence-corrected chi connectivity index (χ1v) is 9.05. The van der Waals surface area contributed by atoms with Gasteiger partial charge in [-0.3, -0.25) is 4.79 Å². The van der Waals surface area contributed by atoms with Crippen LogP contribution in [-0.4, -0.2) is 35.5 Å². The maximum atomic E-state index is 12.9. The summed E-state index contributed by atoms with van der Waals surface area (Å²) in [7, 11) is 0. The van der Waals surface area contributed by atoms with Crippen LogP contribution >= 0.6 is 0 Å². The largest absolute Gasteiger partial charge is 0.416 e. The predicted octanol–water partition coefficient (Wildman–Crippen LogP) is 3.11. The molecule has 30 heavy (non-hydrogen) atoms. The van der Waals surface area contributed by atoms with Crippen molar-refractivity contribution >= 4 is 17.4 Å². The zero-order valence-corrected chi connectivity index (χ0v) is 15.6. The molecule has 1 amide bonds. The number of halogens is 3. The quantitative estimate of drug-likeness (QED) is 0.545. The molecule has 5 rings (SSSR count). The van der Waals surface area contributed by atoms with Gasteiger partial charge >= 0.3 is 6.18 Å². The number of carbonyl (C=O) groups excluding carboxylic acids is 1. The predicted molar refractivity (Wildman–Crippen MR) is 99.2 cm³/mol. The summed E-state index contributed by atoms with van der Waals surface area (Å²) < 4.78 is 41.7. The molecule has 3 aromatic heterocycles. The van der Waals surface area contributed by atoms with Gasteiger partial charge in [-0.05, 0) is 36.8 Å². The molecule has 11 heteroatoms. The van der Waals surface area contributed by atoms with Crippen LogP contribution in [0.1, 0.15) is 34.7 Å². The van der Waals surface area contributed by atoms with E-state index < -0.39 is 17.7 Å². The Morgan fingerprint density at radius 3 is 2.60 bits per heavy atom. The third-order valence-electron chi connectivity index (χ3n) is 5.11. The van der Waals surface area contributed by atoms with E-state index in [4.69, 9.17) is 0 Å². The van der Waals surface area contributed by atoms with Crippen molar-refractivity contribution in [2.24, 2.45) is 0 Å². The third-order valence-corrected chi connectivity index (χ3v) is 5.11. The first-order valence-electron chi connectivity index (χ1n) is 9.05. The van der Waals surface area contributed by atoms with Crippen LogP contribution in [0.15, 0.2) is 42.7 Å². The fourth-order valence-electron chi connectivity index (χ4n) is 3.73. The lowest BCUT2D eigenvalue weighted by molar-refractivity contribution is -0.137. The van der Waals surface area contributed by atoms with Crippen molar-refractivity contribution in [1.29, 1.82) is 0 Å². The molecule has 1 atom stereocenters. The van der Waals surface area contributed by atoms with Crippen molar-refractivity contribution in [3.05, 3.63) is 65.1 Å². The van der Waals surface area contributed by atoms with Gasteiger partial charge in [0.2, 0.25) is 5.91 Å². The number of benzene rings is 1.